The van der Waals surface area contributed by atoms with Gasteiger partial charge in [-0.25, -0.2) is 4.85 Å². The van der Waals surface area contributed by atoms with Gasteiger partial charge in [-0.3, -0.25) is 0 Å². The lowest BCUT2D eigenvalue weighted by Gasteiger charge is -2.22. The molecule has 10 rings (SSSR count). The minimum Gasteiger partial charge on any atom is -0.309 e. The molecule has 0 bridgehead atoms. The molecular weight excluding hydrogens is 945 g/mol. The summed E-state index contributed by atoms with van der Waals surface area (Å²) in [4.78, 5) is 3.50. The van der Waals surface area contributed by atoms with Gasteiger partial charge in [0.2, 0.25) is 0 Å². The SMILES string of the molecule is [C-]#[N+]c1cccc(C(F)(F)F)c1-c1cc(-n2c3ccccc3c3cc(-c4ccc(C(F)(F)F)cc4C(F)(F)F)ccc32)c(C#N)cc1-n1c2ccccc2c2cc(-c3ccc(C)cc3C(F)(F)F)ccc21. The maximum absolute atomic E-state index is 15.3. The monoisotopic (exact) mass is 972 g/mol. The Balaban J connectivity index is 1.28. The summed E-state index contributed by atoms with van der Waals surface area (Å²) in [5, 5.41) is 12.6. The molecular formula is C55H28F12N4. The summed E-state index contributed by atoms with van der Waals surface area (Å²) >= 11 is 0. The first kappa shape index (κ1) is 46.2. The number of nitrogens with zero attached hydrogens (tertiary/aromatic N) is 4. The molecule has 0 saturated heterocycles. The Morgan fingerprint density at radius 3 is 1.48 bits per heavy atom. The summed E-state index contributed by atoms with van der Waals surface area (Å²) < 4.78 is 177. The molecule has 0 unspecified atom stereocenters. The van der Waals surface area contributed by atoms with E-state index < -0.39 is 63.8 Å². The van der Waals surface area contributed by atoms with Gasteiger partial charge < -0.3 is 9.13 Å². The molecule has 8 aromatic carbocycles. The second-order valence-corrected chi connectivity index (χ2v) is 16.8. The Labute approximate surface area is 394 Å². The van der Waals surface area contributed by atoms with Gasteiger partial charge in [0.1, 0.15) is 6.07 Å². The minimum absolute atomic E-state index is 0.00859. The standard InChI is InChI=1S/C55H28F12N4/c1-29-14-18-34(42(22-29)54(62,63)64)30-16-21-48-39(23-30)37-9-4-6-13-46(37)71(48)50-25-32(28-68)49(27-40(50)51-41(53(59,60)61)10-7-11-44(51)69-2)70-45-12-5-3-8-36(45)38-24-31(15-20-47(38)70)35-19-17-33(52(56,57)58)26-43(35)55(65,66)67/h3-27H,1H3. The van der Waals surface area contributed by atoms with Gasteiger partial charge in [0.15, 0.2) is 5.69 Å². The fourth-order valence-electron chi connectivity index (χ4n) is 9.54. The first-order valence-corrected chi connectivity index (χ1v) is 21.3. The summed E-state index contributed by atoms with van der Waals surface area (Å²) in [5.74, 6) is 0. The van der Waals surface area contributed by atoms with Gasteiger partial charge in [0.25, 0.3) is 0 Å². The zero-order chi connectivity index (χ0) is 50.5. The molecule has 352 valence electrons. The van der Waals surface area contributed by atoms with Crippen molar-refractivity contribution in [2.45, 2.75) is 31.6 Å². The second kappa shape index (κ2) is 16.3. The van der Waals surface area contributed by atoms with E-state index in [1.165, 1.54) is 66.1 Å². The third-order valence-electron chi connectivity index (χ3n) is 12.6. The topological polar surface area (TPSA) is 38.0 Å². The van der Waals surface area contributed by atoms with Gasteiger partial charge in [0.05, 0.1) is 67.8 Å². The summed E-state index contributed by atoms with van der Waals surface area (Å²) in [7, 11) is 0. The molecule has 2 aromatic heterocycles. The quantitative estimate of drug-likeness (QED) is 0.125. The molecule has 16 heteroatoms. The second-order valence-electron chi connectivity index (χ2n) is 16.8. The highest BCUT2D eigenvalue weighted by atomic mass is 19.4. The third kappa shape index (κ3) is 7.76. The Kier molecular flexibility index (Phi) is 10.6. The fourth-order valence-corrected chi connectivity index (χ4v) is 9.54. The molecule has 0 atom stereocenters. The molecule has 0 radical (unpaired) electrons. The Hall–Kier alpha value is -8.50. The van der Waals surface area contributed by atoms with Crippen molar-refractivity contribution in [2.24, 2.45) is 0 Å². The average Bonchev–Trinajstić information content (AvgIpc) is 3.84. The fraction of sp³-hybridized carbons (Fsp3) is 0.0909. The first-order chi connectivity index (χ1) is 33.6. The third-order valence-corrected chi connectivity index (χ3v) is 12.6. The molecule has 0 amide bonds. The van der Waals surface area contributed by atoms with Crippen LogP contribution in [0.4, 0.5) is 58.4 Å². The van der Waals surface area contributed by atoms with E-state index in [2.05, 4.69) is 10.9 Å². The summed E-state index contributed by atoms with van der Waals surface area (Å²) in [6, 6.07) is 34.9. The van der Waals surface area contributed by atoms with Gasteiger partial charge in [-0.05, 0) is 101 Å². The van der Waals surface area contributed by atoms with Crippen LogP contribution in [0.3, 0.4) is 0 Å². The van der Waals surface area contributed by atoms with Crippen molar-refractivity contribution in [2.75, 3.05) is 0 Å². The molecule has 0 fully saturated rings. The highest BCUT2D eigenvalue weighted by Crippen LogP contribution is 2.49. The lowest BCUT2D eigenvalue weighted by molar-refractivity contribution is -0.143. The highest BCUT2D eigenvalue weighted by molar-refractivity contribution is 6.13. The van der Waals surface area contributed by atoms with Crippen molar-refractivity contribution in [1.29, 1.82) is 5.26 Å². The van der Waals surface area contributed by atoms with Crippen LogP contribution in [0.1, 0.15) is 33.4 Å². The predicted octanol–water partition coefficient (Wildman–Crippen LogP) is 17.7. The molecule has 10 aromatic rings. The number of hydrogen-bond donors (Lipinski definition) is 0. The van der Waals surface area contributed by atoms with E-state index in [0.29, 0.717) is 44.3 Å². The Morgan fingerprint density at radius 1 is 0.451 bits per heavy atom. The lowest BCUT2D eigenvalue weighted by atomic mass is 9.93. The molecule has 0 aliphatic carbocycles. The Morgan fingerprint density at radius 2 is 0.958 bits per heavy atom. The van der Waals surface area contributed by atoms with Gasteiger partial charge >= 0.3 is 24.7 Å². The van der Waals surface area contributed by atoms with Crippen LogP contribution in [-0.2, 0) is 24.7 Å². The summed E-state index contributed by atoms with van der Waals surface area (Å²) in [6.45, 7) is 9.62. The maximum atomic E-state index is 15.3. The van der Waals surface area contributed by atoms with E-state index in [1.54, 1.807) is 65.2 Å². The number of hydrogen-bond acceptors (Lipinski definition) is 1. The first-order valence-electron chi connectivity index (χ1n) is 21.3. The highest BCUT2D eigenvalue weighted by Gasteiger charge is 2.40. The van der Waals surface area contributed by atoms with Crippen LogP contribution in [0.2, 0.25) is 0 Å². The van der Waals surface area contributed by atoms with Gasteiger partial charge in [-0.2, -0.15) is 57.9 Å². The number of rotatable bonds is 5. The van der Waals surface area contributed by atoms with Crippen LogP contribution in [0, 0.1) is 24.8 Å². The van der Waals surface area contributed by atoms with Crippen LogP contribution in [0.25, 0.3) is 93.2 Å². The van der Waals surface area contributed by atoms with E-state index >= 15 is 13.2 Å². The van der Waals surface area contributed by atoms with Crippen LogP contribution >= 0.6 is 0 Å². The molecule has 0 N–H and O–H groups in total. The Bertz CT molecular complexity index is 3930. The van der Waals surface area contributed by atoms with E-state index in [1.807, 2.05) is 0 Å². The molecule has 0 aliphatic heterocycles. The normalized spacial score (nSPS) is 12.5. The number of halogens is 12. The largest absolute Gasteiger partial charge is 0.417 e. The molecule has 0 aliphatic rings. The van der Waals surface area contributed by atoms with E-state index in [0.717, 1.165) is 24.3 Å². The lowest BCUT2D eigenvalue weighted by Crippen LogP contribution is -2.12. The van der Waals surface area contributed by atoms with E-state index in [4.69, 9.17) is 6.57 Å². The number of aryl methyl sites for hydroxylation is 1. The zero-order valence-electron chi connectivity index (χ0n) is 36.3. The van der Waals surface area contributed by atoms with Gasteiger partial charge in [-0.1, -0.05) is 90.5 Å². The van der Waals surface area contributed by atoms with Crippen LogP contribution in [0.5, 0.6) is 0 Å². The average molecular weight is 973 g/mol. The zero-order valence-corrected chi connectivity index (χ0v) is 36.3. The number of para-hydroxylation sites is 2. The van der Waals surface area contributed by atoms with Gasteiger partial charge in [0, 0.05) is 27.1 Å². The van der Waals surface area contributed by atoms with E-state index in [-0.39, 0.29) is 56.2 Å². The maximum Gasteiger partial charge on any atom is 0.417 e. The van der Waals surface area contributed by atoms with Crippen molar-refractivity contribution in [3.8, 4) is 50.8 Å². The van der Waals surface area contributed by atoms with Crippen molar-refractivity contribution < 1.29 is 52.7 Å². The van der Waals surface area contributed by atoms with Crippen molar-refractivity contribution >= 4 is 49.3 Å². The summed E-state index contributed by atoms with van der Waals surface area (Å²) in [5.41, 5.74) is -5.32. The summed E-state index contributed by atoms with van der Waals surface area (Å²) in [6.07, 6.45) is -20.0. The number of benzene rings is 8. The number of nitriles is 1. The number of fused-ring (bicyclic) bond motifs is 6. The number of alkyl halides is 12. The van der Waals surface area contributed by atoms with E-state index in [9.17, 15) is 44.8 Å². The number of aromatic nitrogens is 2. The van der Waals surface area contributed by atoms with Crippen LogP contribution in [-0.4, -0.2) is 9.13 Å². The molecule has 0 saturated carbocycles. The predicted molar refractivity (Wildman–Crippen MR) is 247 cm³/mol. The van der Waals surface area contributed by atoms with Crippen molar-refractivity contribution in [3.05, 3.63) is 196 Å². The van der Waals surface area contributed by atoms with Gasteiger partial charge in [-0.15, -0.1) is 0 Å². The molecule has 0 spiro atoms. The van der Waals surface area contributed by atoms with Crippen molar-refractivity contribution in [1.82, 2.24) is 9.13 Å². The smallest absolute Gasteiger partial charge is 0.309 e. The van der Waals surface area contributed by atoms with Crippen LogP contribution < -0.4 is 0 Å². The molecule has 4 nitrogen and oxygen atoms in total. The molecule has 2 heterocycles. The van der Waals surface area contributed by atoms with Crippen molar-refractivity contribution in [3.63, 3.8) is 0 Å². The van der Waals surface area contributed by atoms with Crippen LogP contribution in [0.15, 0.2) is 152 Å². The minimum atomic E-state index is -5.20. The molecule has 71 heavy (non-hydrogen) atoms.